The Labute approximate surface area is 219 Å². The van der Waals surface area contributed by atoms with Crippen molar-refractivity contribution in [2.45, 2.75) is 59.4 Å². The molecule has 198 valence electrons. The van der Waals surface area contributed by atoms with Gasteiger partial charge in [-0.1, -0.05) is 42.8 Å². The Bertz CT molecular complexity index is 1050. The van der Waals surface area contributed by atoms with E-state index in [1.165, 1.54) is 21.4 Å². The van der Waals surface area contributed by atoms with Gasteiger partial charge in [0.05, 0.1) is 5.57 Å². The number of likely N-dealkylation sites (N-methyl/N-ethyl adjacent to an activating group) is 1. The average molecular weight is 522 g/mol. The molecule has 0 aliphatic carbocycles. The molecule has 0 aliphatic rings. The van der Waals surface area contributed by atoms with Gasteiger partial charge < -0.3 is 15.1 Å². The summed E-state index contributed by atoms with van der Waals surface area (Å²) in [4.78, 5) is 26.2. The van der Waals surface area contributed by atoms with Crippen molar-refractivity contribution in [2.24, 2.45) is 0 Å². The lowest BCUT2D eigenvalue weighted by atomic mass is 9.97. The number of carbonyl (C=O) groups excluding carboxylic acids is 2. The van der Waals surface area contributed by atoms with Crippen LogP contribution in [0.2, 0.25) is 5.02 Å². The lowest BCUT2D eigenvalue weighted by Gasteiger charge is -2.26. The van der Waals surface area contributed by atoms with E-state index in [0.29, 0.717) is 29.8 Å². The number of nitrogens with one attached hydrogen (secondary N) is 1. The molecule has 0 heterocycles. The van der Waals surface area contributed by atoms with Gasteiger partial charge in [-0.15, -0.1) is 0 Å². The first-order chi connectivity index (χ1) is 16.7. The lowest BCUT2D eigenvalue weighted by Crippen LogP contribution is -2.38. The third kappa shape index (κ3) is 9.61. The summed E-state index contributed by atoms with van der Waals surface area (Å²) in [6, 6.07) is 12.7. The van der Waals surface area contributed by atoms with Gasteiger partial charge in [-0.3, -0.25) is 9.59 Å². The first-order valence-corrected chi connectivity index (χ1v) is 12.2. The molecule has 2 amide bonds. The number of benzene rings is 2. The van der Waals surface area contributed by atoms with Gasteiger partial charge in [0.2, 0.25) is 6.41 Å². The Hall–Kier alpha value is -2.93. The third-order valence-electron chi connectivity index (χ3n) is 5.61. The molecule has 0 spiro atoms. The molecule has 1 N–H and O–H groups in total. The molecule has 1 unspecified atom stereocenters. The molecular formula is C28H38ClF2N3O2. The monoisotopic (exact) mass is 521 g/mol. The number of nitrogens with zero attached hydrogens (tertiary/aromatic N) is 2. The van der Waals surface area contributed by atoms with E-state index in [2.05, 4.69) is 12.2 Å². The molecule has 0 saturated heterocycles. The van der Waals surface area contributed by atoms with E-state index in [-0.39, 0.29) is 17.5 Å². The zero-order chi connectivity index (χ0) is 27.6. The second-order valence-electron chi connectivity index (χ2n) is 9.16. The molecule has 0 saturated carbocycles. The maximum Gasteiger partial charge on any atom is 0.270 e. The topological polar surface area (TPSA) is 52.7 Å². The summed E-state index contributed by atoms with van der Waals surface area (Å²) in [6.07, 6.45) is 2.16. The summed E-state index contributed by atoms with van der Waals surface area (Å²) in [5, 5.41) is 3.98. The highest BCUT2D eigenvalue weighted by Crippen LogP contribution is 2.30. The number of rotatable bonds is 9. The minimum absolute atomic E-state index is 0.00643. The highest BCUT2D eigenvalue weighted by atomic mass is 35.5. The lowest BCUT2D eigenvalue weighted by molar-refractivity contribution is -0.124. The summed E-state index contributed by atoms with van der Waals surface area (Å²) < 4.78 is 27.5. The van der Waals surface area contributed by atoms with E-state index in [1.807, 2.05) is 37.3 Å². The molecule has 2 rings (SSSR count). The molecule has 0 aromatic heterocycles. The van der Waals surface area contributed by atoms with Crippen molar-refractivity contribution >= 4 is 23.9 Å². The zero-order valence-electron chi connectivity index (χ0n) is 22.5. The van der Waals surface area contributed by atoms with Crippen LogP contribution in [-0.4, -0.2) is 49.3 Å². The van der Waals surface area contributed by atoms with E-state index in [1.54, 1.807) is 41.1 Å². The number of carbonyl (C=O) groups is 2. The maximum absolute atomic E-state index is 13.8. The second kappa shape index (κ2) is 14.0. The van der Waals surface area contributed by atoms with Crippen molar-refractivity contribution in [3.05, 3.63) is 81.1 Å². The van der Waals surface area contributed by atoms with Crippen molar-refractivity contribution in [2.75, 3.05) is 21.1 Å². The Balaban J connectivity index is 0.000000600. The fourth-order valence-electron chi connectivity index (χ4n) is 3.59. The number of hydrogen-bond donors (Lipinski definition) is 1. The number of amides is 2. The Kier molecular flexibility index (Phi) is 12.1. The van der Waals surface area contributed by atoms with Crippen molar-refractivity contribution in [1.82, 2.24) is 15.1 Å². The predicted molar refractivity (Wildman–Crippen MR) is 143 cm³/mol. The van der Waals surface area contributed by atoms with E-state index in [4.69, 9.17) is 11.6 Å². The number of aryl methyl sites for hydroxylation is 2. The molecule has 8 heteroatoms. The number of hydrogen-bond acceptors (Lipinski definition) is 3. The van der Waals surface area contributed by atoms with Crippen LogP contribution >= 0.6 is 11.6 Å². The summed E-state index contributed by atoms with van der Waals surface area (Å²) in [6.45, 7) is 8.18. The van der Waals surface area contributed by atoms with Crippen molar-refractivity contribution in [3.63, 3.8) is 0 Å². The quantitative estimate of drug-likeness (QED) is 0.328. The van der Waals surface area contributed by atoms with Gasteiger partial charge in [-0.2, -0.15) is 0 Å². The van der Waals surface area contributed by atoms with E-state index in [9.17, 15) is 18.4 Å². The molecule has 0 bridgehead atoms. The van der Waals surface area contributed by atoms with E-state index < -0.39 is 5.92 Å². The maximum atomic E-state index is 13.8. The molecule has 36 heavy (non-hydrogen) atoms. The zero-order valence-corrected chi connectivity index (χ0v) is 23.2. The average Bonchev–Trinajstić information content (AvgIpc) is 2.82. The summed E-state index contributed by atoms with van der Waals surface area (Å²) in [7, 11) is 4.81. The molecular weight excluding hydrogens is 484 g/mol. The molecule has 0 radical (unpaired) electrons. The smallest absolute Gasteiger partial charge is 0.270 e. The van der Waals surface area contributed by atoms with Gasteiger partial charge in [0.25, 0.3) is 11.8 Å². The molecule has 2 aromatic rings. The van der Waals surface area contributed by atoms with Crippen molar-refractivity contribution in [3.8, 4) is 0 Å². The molecule has 0 fully saturated rings. The highest BCUT2D eigenvalue weighted by molar-refractivity contribution is 6.30. The van der Waals surface area contributed by atoms with Crippen LogP contribution in [0.25, 0.3) is 0 Å². The van der Waals surface area contributed by atoms with E-state index >= 15 is 0 Å². The second-order valence-corrected chi connectivity index (χ2v) is 9.59. The van der Waals surface area contributed by atoms with Crippen molar-refractivity contribution in [1.29, 1.82) is 0 Å². The van der Waals surface area contributed by atoms with Gasteiger partial charge in [-0.05, 0) is 68.5 Å². The fraction of sp³-hybridized carbons (Fsp3) is 0.429. The standard InChI is InChI=1S/C20H29F2N3O2.C8H9Cl/c1-13-8-9-16(11-17(13)20(4,21)22)10-14(2)23-18(25(7)12-26)15(3)19(27)24(5)6;1-2-7-3-5-8(9)6-4-7/h8-9,11-12,14,23H,10H2,1-7H3;3-6H,2H2,1H3/b18-15-;. The SMILES string of the molecule is C/C(C(=O)N(C)C)=C(\NC(C)Cc1ccc(C)c(C(C)(F)F)c1)N(C)C=O.CCc1ccc(Cl)cc1. The molecule has 5 nitrogen and oxygen atoms in total. The Morgan fingerprint density at radius 2 is 1.67 bits per heavy atom. The van der Waals surface area contributed by atoms with Crippen LogP contribution < -0.4 is 5.32 Å². The Morgan fingerprint density at radius 1 is 1.11 bits per heavy atom. The van der Waals surface area contributed by atoms with Crippen molar-refractivity contribution < 1.29 is 18.4 Å². The minimum Gasteiger partial charge on any atom is -0.368 e. The van der Waals surface area contributed by atoms with Crippen LogP contribution in [0.4, 0.5) is 8.78 Å². The van der Waals surface area contributed by atoms with Gasteiger partial charge in [0.1, 0.15) is 5.82 Å². The highest BCUT2D eigenvalue weighted by Gasteiger charge is 2.26. The van der Waals surface area contributed by atoms with Crippen LogP contribution in [0.5, 0.6) is 0 Å². The van der Waals surface area contributed by atoms with Crippen LogP contribution in [0.3, 0.4) is 0 Å². The van der Waals surface area contributed by atoms with Gasteiger partial charge in [-0.25, -0.2) is 8.78 Å². The van der Waals surface area contributed by atoms with Gasteiger partial charge >= 0.3 is 0 Å². The number of alkyl halides is 2. The third-order valence-corrected chi connectivity index (χ3v) is 5.87. The largest absolute Gasteiger partial charge is 0.368 e. The van der Waals surface area contributed by atoms with E-state index in [0.717, 1.165) is 23.9 Å². The first kappa shape index (κ1) is 31.1. The van der Waals surface area contributed by atoms with Crippen LogP contribution in [0.15, 0.2) is 53.9 Å². The van der Waals surface area contributed by atoms with Crippen LogP contribution in [0.1, 0.15) is 49.9 Å². The van der Waals surface area contributed by atoms with Crippen LogP contribution in [-0.2, 0) is 28.4 Å². The summed E-state index contributed by atoms with van der Waals surface area (Å²) in [5.74, 6) is -2.74. The number of halogens is 3. The van der Waals surface area contributed by atoms with Crippen LogP contribution in [0, 0.1) is 6.92 Å². The Morgan fingerprint density at radius 3 is 2.14 bits per heavy atom. The molecule has 2 aromatic carbocycles. The normalized spacial score (nSPS) is 12.5. The predicted octanol–water partition coefficient (Wildman–Crippen LogP) is 5.94. The molecule has 0 aliphatic heterocycles. The summed E-state index contributed by atoms with van der Waals surface area (Å²) >= 11 is 5.67. The fourth-order valence-corrected chi connectivity index (χ4v) is 3.72. The van der Waals surface area contributed by atoms with Gasteiger partial charge in [0, 0.05) is 44.7 Å². The molecule has 1 atom stereocenters. The summed E-state index contributed by atoms with van der Waals surface area (Å²) in [5.41, 5.74) is 3.03. The first-order valence-electron chi connectivity index (χ1n) is 11.8. The minimum atomic E-state index is -2.91. The van der Waals surface area contributed by atoms with Gasteiger partial charge in [0.15, 0.2) is 0 Å².